The molecule has 0 spiro atoms. The van der Waals surface area contributed by atoms with Crippen molar-refractivity contribution in [2.45, 2.75) is 52.4 Å². The highest BCUT2D eigenvalue weighted by Crippen LogP contribution is 2.10. The lowest BCUT2D eigenvalue weighted by Gasteiger charge is -2.04. The van der Waals surface area contributed by atoms with Crippen molar-refractivity contribution >= 4 is 48.2 Å². The van der Waals surface area contributed by atoms with E-state index in [-0.39, 0.29) is 23.9 Å². The Balaban J connectivity index is 1.49. The monoisotopic (exact) mass is 602 g/mol. The van der Waals surface area contributed by atoms with Crippen LogP contribution < -0.4 is 0 Å². The average Bonchev–Trinajstić information content (AvgIpc) is 3.03. The van der Waals surface area contributed by atoms with Crippen LogP contribution >= 0.6 is 0 Å². The van der Waals surface area contributed by atoms with Crippen molar-refractivity contribution in [1.82, 2.24) is 0 Å². The van der Waals surface area contributed by atoms with Gasteiger partial charge in [-0.05, 0) is 73.2 Å². The van der Waals surface area contributed by atoms with Crippen LogP contribution in [0.25, 0.3) is 24.3 Å². The average molecular weight is 603 g/mol. The van der Waals surface area contributed by atoms with Gasteiger partial charge in [0.1, 0.15) is 0 Å². The summed E-state index contributed by atoms with van der Waals surface area (Å²) in [5.74, 6) is -1.53. The molecule has 0 aliphatic heterocycles. The highest BCUT2D eigenvalue weighted by atomic mass is 16.5. The fourth-order valence-electron chi connectivity index (χ4n) is 3.83. The molecule has 0 atom stereocenters. The summed E-state index contributed by atoms with van der Waals surface area (Å²) in [5, 5.41) is 0. The number of unbranched alkanes of at least 4 members (excludes halogenated alkanes) is 5. The molecule has 0 aromatic heterocycles. The van der Waals surface area contributed by atoms with Crippen LogP contribution in [0.15, 0.2) is 72.8 Å². The van der Waals surface area contributed by atoms with Crippen LogP contribution in [-0.2, 0) is 38.1 Å². The van der Waals surface area contributed by atoms with Crippen molar-refractivity contribution < 1.29 is 38.1 Å². The van der Waals surface area contributed by atoms with E-state index in [1.807, 2.05) is 48.5 Å². The van der Waals surface area contributed by atoms with Gasteiger partial charge in [-0.2, -0.15) is 0 Å². The van der Waals surface area contributed by atoms with Crippen molar-refractivity contribution in [3.63, 3.8) is 0 Å². The molecule has 8 heteroatoms. The summed E-state index contributed by atoms with van der Waals surface area (Å²) in [7, 11) is 0. The molecule has 2 aromatic carbocycles. The molecule has 0 saturated carbocycles. The van der Waals surface area contributed by atoms with Gasteiger partial charge < -0.3 is 18.9 Å². The van der Waals surface area contributed by atoms with Crippen LogP contribution in [0.3, 0.4) is 0 Å². The maximum Gasteiger partial charge on any atom is 0.330 e. The van der Waals surface area contributed by atoms with Gasteiger partial charge in [-0.3, -0.25) is 0 Å². The number of rotatable bonds is 19. The molecule has 0 fully saturated rings. The van der Waals surface area contributed by atoms with Crippen molar-refractivity contribution in [2.24, 2.45) is 0 Å². The summed E-state index contributed by atoms with van der Waals surface area (Å²) in [6.07, 6.45) is 17.8. The molecule has 8 nitrogen and oxygen atoms in total. The van der Waals surface area contributed by atoms with Gasteiger partial charge in [0.2, 0.25) is 0 Å². The zero-order valence-electron chi connectivity index (χ0n) is 25.6. The lowest BCUT2D eigenvalue weighted by atomic mass is 10.1. The summed E-state index contributed by atoms with van der Waals surface area (Å²) in [5.41, 5.74) is 3.42. The van der Waals surface area contributed by atoms with Crippen molar-refractivity contribution in [1.29, 1.82) is 0 Å². The zero-order chi connectivity index (χ0) is 31.8. The van der Waals surface area contributed by atoms with Crippen LogP contribution in [0.1, 0.15) is 74.6 Å². The molecule has 2 aromatic rings. The van der Waals surface area contributed by atoms with Crippen molar-refractivity contribution in [3.8, 4) is 0 Å². The summed E-state index contributed by atoms with van der Waals surface area (Å²) in [6.45, 7) is 4.93. The number of ether oxygens (including phenoxy) is 4. The van der Waals surface area contributed by atoms with E-state index < -0.39 is 0 Å². The minimum atomic E-state index is -0.383. The Labute approximate surface area is 260 Å². The first kappa shape index (κ1) is 35.5. The number of benzene rings is 2. The van der Waals surface area contributed by atoms with E-state index in [9.17, 15) is 19.2 Å². The van der Waals surface area contributed by atoms with Crippen LogP contribution in [0.5, 0.6) is 0 Å². The summed E-state index contributed by atoms with van der Waals surface area (Å²) >= 11 is 0. The topological polar surface area (TPSA) is 105 Å². The van der Waals surface area contributed by atoms with E-state index in [0.29, 0.717) is 26.4 Å². The van der Waals surface area contributed by atoms with Crippen LogP contribution in [0.4, 0.5) is 0 Å². The number of carbonyl (C=O) groups excluding carboxylic acids is 4. The predicted octanol–water partition coefficient (Wildman–Crippen LogP) is 6.99. The Hall–Kier alpha value is -4.72. The Morgan fingerprint density at radius 2 is 0.682 bits per heavy atom. The van der Waals surface area contributed by atoms with Gasteiger partial charge in [0, 0.05) is 24.3 Å². The van der Waals surface area contributed by atoms with Gasteiger partial charge in [0.25, 0.3) is 0 Å². The fourth-order valence-corrected chi connectivity index (χ4v) is 3.83. The predicted molar refractivity (Wildman–Crippen MR) is 172 cm³/mol. The van der Waals surface area contributed by atoms with Crippen LogP contribution in [0.2, 0.25) is 0 Å². The smallest absolute Gasteiger partial charge is 0.330 e. The van der Waals surface area contributed by atoms with E-state index in [0.717, 1.165) is 60.8 Å². The van der Waals surface area contributed by atoms with Crippen LogP contribution in [0, 0.1) is 0 Å². The zero-order valence-corrected chi connectivity index (χ0v) is 25.6. The Kier molecular flexibility index (Phi) is 17.7. The SMILES string of the molecule is CCOC(=O)/C=C/c1ccc(/C=C/C(=O)OCCCCCCCCOC(=O)/C=C/c2ccc(/C=C/C(=O)OCC)cc2)cc1. The molecule has 0 aliphatic carbocycles. The molecule has 2 rings (SSSR count). The minimum absolute atomic E-state index is 0.337. The molecule has 0 amide bonds. The molecule has 234 valence electrons. The summed E-state index contributed by atoms with van der Waals surface area (Å²) < 4.78 is 20.2. The number of carbonyl (C=O) groups is 4. The third kappa shape index (κ3) is 16.7. The molecule has 0 aliphatic rings. The molecule has 0 bridgehead atoms. The largest absolute Gasteiger partial charge is 0.463 e. The molecule has 0 saturated heterocycles. The highest BCUT2D eigenvalue weighted by molar-refractivity contribution is 5.89. The number of hydrogen-bond donors (Lipinski definition) is 0. The summed E-state index contributed by atoms with van der Waals surface area (Å²) in [4.78, 5) is 46.7. The first-order valence-electron chi connectivity index (χ1n) is 15.0. The molecule has 44 heavy (non-hydrogen) atoms. The van der Waals surface area contributed by atoms with E-state index >= 15 is 0 Å². The third-order valence-corrected chi connectivity index (χ3v) is 6.12. The van der Waals surface area contributed by atoms with E-state index in [2.05, 4.69) is 0 Å². The highest BCUT2D eigenvalue weighted by Gasteiger charge is 2.01. The van der Waals surface area contributed by atoms with Gasteiger partial charge in [-0.25, -0.2) is 19.2 Å². The molecular weight excluding hydrogens is 560 g/mol. The standard InChI is InChI=1S/C36H42O8/c1-3-41-33(37)23-19-29-11-15-31(16-12-29)21-25-35(39)43-27-9-7-5-6-8-10-28-44-36(40)26-22-32-17-13-30(14-18-32)20-24-34(38)42-4-2/h11-26H,3-10,27-28H2,1-2H3/b23-19+,24-20+,25-21+,26-22+. The minimum Gasteiger partial charge on any atom is -0.463 e. The molecule has 0 N–H and O–H groups in total. The van der Waals surface area contributed by atoms with Crippen molar-refractivity contribution in [3.05, 3.63) is 95.1 Å². The van der Waals surface area contributed by atoms with E-state index in [1.54, 1.807) is 38.2 Å². The first-order valence-corrected chi connectivity index (χ1v) is 15.0. The van der Waals surface area contributed by atoms with Gasteiger partial charge >= 0.3 is 23.9 Å². The van der Waals surface area contributed by atoms with E-state index in [1.165, 1.54) is 24.3 Å². The maximum absolute atomic E-state index is 12.0. The Morgan fingerprint density at radius 1 is 0.432 bits per heavy atom. The maximum atomic E-state index is 12.0. The van der Waals surface area contributed by atoms with E-state index in [4.69, 9.17) is 18.9 Å². The number of hydrogen-bond acceptors (Lipinski definition) is 8. The number of esters is 4. The molecule has 0 radical (unpaired) electrons. The van der Waals surface area contributed by atoms with Gasteiger partial charge in [0.15, 0.2) is 0 Å². The molecule has 0 heterocycles. The Morgan fingerprint density at radius 3 is 0.955 bits per heavy atom. The second-order valence-electron chi connectivity index (χ2n) is 9.63. The quantitative estimate of drug-likeness (QED) is 0.0733. The second kappa shape index (κ2) is 21.9. The Bertz CT molecular complexity index is 1180. The molecular formula is C36H42O8. The first-order chi connectivity index (χ1) is 21.4. The summed E-state index contributed by atoms with van der Waals surface area (Å²) in [6, 6.07) is 14.8. The fraction of sp³-hybridized carbons (Fsp3) is 0.333. The van der Waals surface area contributed by atoms with Gasteiger partial charge in [-0.1, -0.05) is 74.2 Å². The van der Waals surface area contributed by atoms with Crippen LogP contribution in [-0.4, -0.2) is 50.3 Å². The van der Waals surface area contributed by atoms with Gasteiger partial charge in [-0.15, -0.1) is 0 Å². The third-order valence-electron chi connectivity index (χ3n) is 6.12. The molecule has 0 unspecified atom stereocenters. The normalized spacial score (nSPS) is 11.4. The lowest BCUT2D eigenvalue weighted by molar-refractivity contribution is -0.138. The second-order valence-corrected chi connectivity index (χ2v) is 9.63. The van der Waals surface area contributed by atoms with Crippen molar-refractivity contribution in [2.75, 3.05) is 26.4 Å². The van der Waals surface area contributed by atoms with Gasteiger partial charge in [0.05, 0.1) is 26.4 Å². The lowest BCUT2D eigenvalue weighted by Crippen LogP contribution is -2.03.